The van der Waals surface area contributed by atoms with Crippen LogP contribution in [0.15, 0.2) is 59.1 Å². The van der Waals surface area contributed by atoms with Gasteiger partial charge in [-0.3, -0.25) is 4.79 Å². The van der Waals surface area contributed by atoms with Gasteiger partial charge in [0.05, 0.1) is 18.2 Å². The van der Waals surface area contributed by atoms with Gasteiger partial charge in [-0.05, 0) is 40.5 Å². The minimum absolute atomic E-state index is 0.0189. The summed E-state index contributed by atoms with van der Waals surface area (Å²) < 4.78 is 6.84. The Bertz CT molecular complexity index is 659. The third kappa shape index (κ3) is 3.23. The van der Waals surface area contributed by atoms with Gasteiger partial charge >= 0.3 is 0 Å². The minimum atomic E-state index is -0.0728. The van der Waals surface area contributed by atoms with E-state index in [2.05, 4.69) is 15.9 Å². The van der Waals surface area contributed by atoms with Gasteiger partial charge in [0.25, 0.3) is 5.91 Å². The average molecular weight is 360 g/mol. The van der Waals surface area contributed by atoms with E-state index in [1.165, 1.54) is 0 Å². The van der Waals surface area contributed by atoms with Crippen LogP contribution < -0.4 is 0 Å². The van der Waals surface area contributed by atoms with Gasteiger partial charge in [0.1, 0.15) is 6.10 Å². The second-order valence-electron chi connectivity index (χ2n) is 5.54. The quantitative estimate of drug-likeness (QED) is 0.809. The standard InChI is InChI=1S/C18H18BrNO2/c1-13-11-20(18(21)15-9-5-6-10-16(15)19)12-17(22-13)14-7-3-2-4-8-14/h2-10,13,17H,11-12H2,1H3. The highest BCUT2D eigenvalue weighted by Crippen LogP contribution is 2.27. The summed E-state index contributed by atoms with van der Waals surface area (Å²) in [6, 6.07) is 17.6. The van der Waals surface area contributed by atoms with Crippen LogP contribution in [0.5, 0.6) is 0 Å². The predicted molar refractivity (Wildman–Crippen MR) is 89.8 cm³/mol. The molecule has 1 aliphatic heterocycles. The van der Waals surface area contributed by atoms with Gasteiger partial charge in [-0.25, -0.2) is 0 Å². The Hall–Kier alpha value is -1.65. The topological polar surface area (TPSA) is 29.5 Å². The first-order valence-corrected chi connectivity index (χ1v) is 8.18. The van der Waals surface area contributed by atoms with Crippen molar-refractivity contribution in [1.82, 2.24) is 4.90 Å². The number of rotatable bonds is 2. The van der Waals surface area contributed by atoms with Gasteiger partial charge in [-0.2, -0.15) is 0 Å². The Kier molecular flexibility index (Phi) is 4.60. The lowest BCUT2D eigenvalue weighted by atomic mass is 10.1. The molecule has 0 saturated carbocycles. The van der Waals surface area contributed by atoms with Crippen LogP contribution in [0.25, 0.3) is 0 Å². The van der Waals surface area contributed by atoms with Crippen LogP contribution in [0.3, 0.4) is 0 Å². The van der Waals surface area contributed by atoms with E-state index in [4.69, 9.17) is 4.74 Å². The Labute approximate surface area is 139 Å². The van der Waals surface area contributed by atoms with E-state index in [-0.39, 0.29) is 18.1 Å². The molecule has 22 heavy (non-hydrogen) atoms. The largest absolute Gasteiger partial charge is 0.367 e. The molecule has 0 spiro atoms. The number of amides is 1. The molecule has 1 amide bonds. The fourth-order valence-corrected chi connectivity index (χ4v) is 3.23. The number of morpholine rings is 1. The van der Waals surface area contributed by atoms with Crippen LogP contribution in [-0.4, -0.2) is 30.0 Å². The molecule has 2 aromatic rings. The van der Waals surface area contributed by atoms with E-state index >= 15 is 0 Å². The van der Waals surface area contributed by atoms with Gasteiger partial charge in [-0.15, -0.1) is 0 Å². The zero-order chi connectivity index (χ0) is 15.5. The monoisotopic (exact) mass is 359 g/mol. The fraction of sp³-hybridized carbons (Fsp3) is 0.278. The summed E-state index contributed by atoms with van der Waals surface area (Å²) in [7, 11) is 0. The lowest BCUT2D eigenvalue weighted by Gasteiger charge is -2.37. The molecule has 0 radical (unpaired) electrons. The molecule has 0 bridgehead atoms. The van der Waals surface area contributed by atoms with Gasteiger partial charge in [-0.1, -0.05) is 42.5 Å². The first-order chi connectivity index (χ1) is 10.6. The van der Waals surface area contributed by atoms with Crippen molar-refractivity contribution in [2.24, 2.45) is 0 Å². The summed E-state index contributed by atoms with van der Waals surface area (Å²) in [6.07, 6.45) is -0.0539. The third-order valence-corrected chi connectivity index (χ3v) is 4.51. The Morgan fingerprint density at radius 2 is 1.77 bits per heavy atom. The van der Waals surface area contributed by atoms with Crippen molar-refractivity contribution in [1.29, 1.82) is 0 Å². The summed E-state index contributed by atoms with van der Waals surface area (Å²) in [5, 5.41) is 0. The van der Waals surface area contributed by atoms with Crippen molar-refractivity contribution in [3.63, 3.8) is 0 Å². The molecule has 1 saturated heterocycles. The molecule has 2 atom stereocenters. The van der Waals surface area contributed by atoms with Crippen LogP contribution in [0.2, 0.25) is 0 Å². The molecule has 3 rings (SSSR count). The smallest absolute Gasteiger partial charge is 0.255 e. The molecule has 2 aromatic carbocycles. The first kappa shape index (κ1) is 15.3. The molecule has 0 N–H and O–H groups in total. The van der Waals surface area contributed by atoms with Gasteiger partial charge in [0.2, 0.25) is 0 Å². The lowest BCUT2D eigenvalue weighted by molar-refractivity contribution is -0.0691. The summed E-state index contributed by atoms with van der Waals surface area (Å²) in [5.41, 5.74) is 1.81. The van der Waals surface area contributed by atoms with E-state index in [1.807, 2.05) is 66.4 Å². The van der Waals surface area contributed by atoms with Crippen molar-refractivity contribution in [2.75, 3.05) is 13.1 Å². The van der Waals surface area contributed by atoms with Crippen molar-refractivity contribution < 1.29 is 9.53 Å². The molecular formula is C18H18BrNO2. The van der Waals surface area contributed by atoms with Gasteiger partial charge in [0, 0.05) is 11.0 Å². The van der Waals surface area contributed by atoms with E-state index in [0.717, 1.165) is 10.0 Å². The number of carbonyl (C=O) groups excluding carboxylic acids is 1. The molecule has 1 fully saturated rings. The maximum atomic E-state index is 12.8. The van der Waals surface area contributed by atoms with E-state index in [0.29, 0.717) is 18.7 Å². The Morgan fingerprint density at radius 3 is 2.50 bits per heavy atom. The fourth-order valence-electron chi connectivity index (χ4n) is 2.77. The van der Waals surface area contributed by atoms with E-state index in [9.17, 15) is 4.79 Å². The van der Waals surface area contributed by atoms with Crippen LogP contribution in [0.4, 0.5) is 0 Å². The van der Waals surface area contributed by atoms with E-state index < -0.39 is 0 Å². The SMILES string of the molecule is CC1CN(C(=O)c2ccccc2Br)CC(c2ccccc2)O1. The van der Waals surface area contributed by atoms with Crippen molar-refractivity contribution in [3.8, 4) is 0 Å². The number of nitrogens with zero attached hydrogens (tertiary/aromatic N) is 1. The summed E-state index contributed by atoms with van der Waals surface area (Å²) in [6.45, 7) is 3.20. The maximum absolute atomic E-state index is 12.8. The highest BCUT2D eigenvalue weighted by Gasteiger charge is 2.30. The van der Waals surface area contributed by atoms with Gasteiger partial charge in [0.15, 0.2) is 0 Å². The Balaban J connectivity index is 1.82. The van der Waals surface area contributed by atoms with Crippen LogP contribution in [-0.2, 0) is 4.74 Å². The van der Waals surface area contributed by atoms with Crippen molar-refractivity contribution >= 4 is 21.8 Å². The molecule has 2 unspecified atom stereocenters. The first-order valence-electron chi connectivity index (χ1n) is 7.39. The average Bonchev–Trinajstić information content (AvgIpc) is 2.55. The Morgan fingerprint density at radius 1 is 1.09 bits per heavy atom. The van der Waals surface area contributed by atoms with Crippen molar-refractivity contribution in [2.45, 2.75) is 19.1 Å². The zero-order valence-electron chi connectivity index (χ0n) is 12.4. The normalized spacial score (nSPS) is 21.6. The number of ether oxygens (including phenoxy) is 1. The number of carbonyl (C=O) groups is 1. The van der Waals surface area contributed by atoms with E-state index in [1.54, 1.807) is 0 Å². The molecule has 1 heterocycles. The van der Waals surface area contributed by atoms with Crippen molar-refractivity contribution in [3.05, 3.63) is 70.2 Å². The molecule has 0 aliphatic carbocycles. The second-order valence-corrected chi connectivity index (χ2v) is 6.39. The van der Waals surface area contributed by atoms with Crippen LogP contribution in [0, 0.1) is 0 Å². The summed E-state index contributed by atoms with van der Waals surface area (Å²) in [4.78, 5) is 14.7. The second kappa shape index (κ2) is 6.63. The predicted octanol–water partition coefficient (Wildman–Crippen LogP) is 4.05. The number of hydrogen-bond acceptors (Lipinski definition) is 2. The maximum Gasteiger partial charge on any atom is 0.255 e. The lowest BCUT2D eigenvalue weighted by Crippen LogP contribution is -2.46. The van der Waals surface area contributed by atoms with Gasteiger partial charge < -0.3 is 9.64 Å². The molecule has 4 heteroatoms. The molecule has 3 nitrogen and oxygen atoms in total. The highest BCUT2D eigenvalue weighted by molar-refractivity contribution is 9.10. The summed E-state index contributed by atoms with van der Waals surface area (Å²) in [5.74, 6) is 0.0450. The number of benzene rings is 2. The summed E-state index contributed by atoms with van der Waals surface area (Å²) >= 11 is 3.46. The molecule has 1 aliphatic rings. The molecule has 0 aromatic heterocycles. The number of hydrogen-bond donors (Lipinski definition) is 0. The highest BCUT2D eigenvalue weighted by atomic mass is 79.9. The molecule has 114 valence electrons. The molecular weight excluding hydrogens is 342 g/mol. The van der Waals surface area contributed by atoms with Crippen LogP contribution in [0.1, 0.15) is 28.9 Å². The number of halogens is 1. The third-order valence-electron chi connectivity index (χ3n) is 3.82. The minimum Gasteiger partial charge on any atom is -0.367 e. The van der Waals surface area contributed by atoms with Crippen LogP contribution >= 0.6 is 15.9 Å². The zero-order valence-corrected chi connectivity index (χ0v) is 14.0.